The largest absolute Gasteiger partial charge is 0.460 e. The molecule has 0 atom stereocenters. The number of halogens is 1. The van der Waals surface area contributed by atoms with Gasteiger partial charge in [0.15, 0.2) is 0 Å². The van der Waals surface area contributed by atoms with Crippen LogP contribution in [0.5, 0.6) is 0 Å². The lowest BCUT2D eigenvalue weighted by Crippen LogP contribution is -2.23. The zero-order chi connectivity index (χ0) is 14.0. The molecule has 1 fully saturated rings. The minimum Gasteiger partial charge on any atom is -0.460 e. The number of hydrogen-bond donors (Lipinski definition) is 0. The Labute approximate surface area is 128 Å². The van der Waals surface area contributed by atoms with Gasteiger partial charge in [-0.1, -0.05) is 0 Å². The lowest BCUT2D eigenvalue weighted by atomic mass is 10.2. The van der Waals surface area contributed by atoms with Crippen molar-refractivity contribution < 1.29 is 9.53 Å². The first-order chi connectivity index (χ1) is 8.85. The highest BCUT2D eigenvalue weighted by atomic mass is 127. The predicted octanol–water partition coefficient (Wildman–Crippen LogP) is 3.49. The van der Waals surface area contributed by atoms with Crippen LogP contribution in [0.4, 0.5) is 0 Å². The fourth-order valence-corrected chi connectivity index (χ4v) is 2.61. The highest BCUT2D eigenvalue weighted by molar-refractivity contribution is 14.1. The van der Waals surface area contributed by atoms with Gasteiger partial charge in [0.1, 0.15) is 15.1 Å². The molecule has 1 aliphatic carbocycles. The van der Waals surface area contributed by atoms with E-state index in [4.69, 9.17) is 4.74 Å². The summed E-state index contributed by atoms with van der Waals surface area (Å²) >= 11 is 2.25. The van der Waals surface area contributed by atoms with Crippen molar-refractivity contribution in [3.8, 4) is 0 Å². The summed E-state index contributed by atoms with van der Waals surface area (Å²) in [6.45, 7) is 6.54. The fraction of sp³-hybridized carbons (Fsp3) is 0.714. The Morgan fingerprint density at radius 2 is 2.21 bits per heavy atom. The average Bonchev–Trinajstić information content (AvgIpc) is 3.01. The molecular weight excluding hydrogens is 355 g/mol. The molecule has 0 unspecified atom stereocenters. The number of aryl methyl sites for hydroxylation is 1. The topological polar surface area (TPSA) is 44.1 Å². The molecule has 1 aliphatic rings. The molecule has 0 bridgehead atoms. The fourth-order valence-electron chi connectivity index (χ4n) is 2.03. The molecular formula is C14H21IN2O2. The van der Waals surface area contributed by atoms with Crippen LogP contribution in [0, 0.1) is 3.70 Å². The lowest BCUT2D eigenvalue weighted by Gasteiger charge is -2.19. The Morgan fingerprint density at radius 1 is 1.53 bits per heavy atom. The molecule has 1 heterocycles. The maximum absolute atomic E-state index is 11.6. The van der Waals surface area contributed by atoms with Crippen molar-refractivity contribution in [2.45, 2.75) is 64.5 Å². The van der Waals surface area contributed by atoms with Crippen molar-refractivity contribution in [2.24, 2.45) is 0 Å². The number of rotatable bonds is 5. The molecule has 1 saturated carbocycles. The van der Waals surface area contributed by atoms with E-state index >= 15 is 0 Å². The van der Waals surface area contributed by atoms with Crippen LogP contribution >= 0.6 is 22.6 Å². The number of nitrogens with zero attached hydrogens (tertiary/aromatic N) is 2. The average molecular weight is 376 g/mol. The minimum atomic E-state index is -0.388. The molecule has 0 N–H and O–H groups in total. The van der Waals surface area contributed by atoms with Crippen molar-refractivity contribution in [1.82, 2.24) is 9.55 Å². The molecule has 0 amide bonds. The number of aromatic nitrogens is 2. The Balaban J connectivity index is 1.81. The van der Waals surface area contributed by atoms with Crippen LogP contribution in [0.2, 0.25) is 0 Å². The number of carbonyl (C=O) groups is 1. The first kappa shape index (κ1) is 14.8. The van der Waals surface area contributed by atoms with Gasteiger partial charge in [0, 0.05) is 25.1 Å². The number of ether oxygens (including phenoxy) is 1. The molecule has 0 radical (unpaired) electrons. The van der Waals surface area contributed by atoms with Crippen molar-refractivity contribution in [3.05, 3.63) is 15.7 Å². The Morgan fingerprint density at radius 3 is 2.79 bits per heavy atom. The minimum absolute atomic E-state index is 0.115. The smallest absolute Gasteiger partial charge is 0.306 e. The van der Waals surface area contributed by atoms with E-state index in [1.807, 2.05) is 20.8 Å². The van der Waals surface area contributed by atoms with Crippen LogP contribution in [0.1, 0.15) is 58.2 Å². The first-order valence-corrected chi connectivity index (χ1v) is 7.87. The third-order valence-corrected chi connectivity index (χ3v) is 3.44. The van der Waals surface area contributed by atoms with E-state index in [2.05, 4.69) is 38.3 Å². The van der Waals surface area contributed by atoms with Gasteiger partial charge in [0.25, 0.3) is 0 Å². The summed E-state index contributed by atoms with van der Waals surface area (Å²) < 4.78 is 8.54. The van der Waals surface area contributed by atoms with Crippen LogP contribution in [-0.2, 0) is 16.1 Å². The zero-order valence-corrected chi connectivity index (χ0v) is 13.9. The van der Waals surface area contributed by atoms with Gasteiger partial charge in [-0.2, -0.15) is 0 Å². The maximum atomic E-state index is 11.6. The normalized spacial score (nSPS) is 15.6. The molecule has 0 aromatic carbocycles. The van der Waals surface area contributed by atoms with Crippen molar-refractivity contribution >= 4 is 28.6 Å². The van der Waals surface area contributed by atoms with Crippen LogP contribution in [-0.4, -0.2) is 21.1 Å². The predicted molar refractivity (Wildman–Crippen MR) is 82.0 cm³/mol. The van der Waals surface area contributed by atoms with E-state index in [9.17, 15) is 4.79 Å². The monoisotopic (exact) mass is 376 g/mol. The molecule has 1 aromatic heterocycles. The van der Waals surface area contributed by atoms with Gasteiger partial charge >= 0.3 is 5.97 Å². The van der Waals surface area contributed by atoms with Gasteiger partial charge < -0.3 is 9.30 Å². The summed E-state index contributed by atoms with van der Waals surface area (Å²) in [5, 5.41) is 0. The molecule has 19 heavy (non-hydrogen) atoms. The van der Waals surface area contributed by atoms with Crippen molar-refractivity contribution in [3.63, 3.8) is 0 Å². The van der Waals surface area contributed by atoms with Crippen LogP contribution in [0.15, 0.2) is 6.20 Å². The molecule has 0 spiro atoms. The second-order valence-corrected chi connectivity index (χ2v) is 7.18. The molecule has 5 heteroatoms. The second kappa shape index (κ2) is 5.81. The van der Waals surface area contributed by atoms with E-state index in [0.29, 0.717) is 12.3 Å². The number of imidazole rings is 1. The van der Waals surface area contributed by atoms with Crippen LogP contribution in [0.3, 0.4) is 0 Å². The van der Waals surface area contributed by atoms with Gasteiger partial charge in [-0.3, -0.25) is 4.79 Å². The third-order valence-electron chi connectivity index (χ3n) is 2.92. The third kappa shape index (κ3) is 4.78. The SMILES string of the molecule is CC(C)(C)OC(=O)CCCn1cc(I)nc1C1CC1. The Kier molecular flexibility index (Phi) is 4.53. The van der Waals surface area contributed by atoms with Crippen LogP contribution < -0.4 is 0 Å². The second-order valence-electron chi connectivity index (χ2n) is 6.08. The van der Waals surface area contributed by atoms with Gasteiger partial charge in [-0.15, -0.1) is 0 Å². The summed E-state index contributed by atoms with van der Waals surface area (Å²) in [5.74, 6) is 1.72. The van der Waals surface area contributed by atoms with Crippen LogP contribution in [0.25, 0.3) is 0 Å². The standard InChI is InChI=1S/C14H21IN2O2/c1-14(2,3)19-12(18)5-4-8-17-9-11(15)16-13(17)10-6-7-10/h9-10H,4-8H2,1-3H3. The molecule has 1 aromatic rings. The van der Waals surface area contributed by atoms with Gasteiger partial charge in [-0.05, 0) is 62.6 Å². The Hall–Kier alpha value is -0.590. The van der Waals surface area contributed by atoms with Gasteiger partial charge in [0.05, 0.1) is 0 Å². The molecule has 2 rings (SSSR count). The summed E-state index contributed by atoms with van der Waals surface area (Å²) in [5.41, 5.74) is -0.388. The van der Waals surface area contributed by atoms with Crippen molar-refractivity contribution in [1.29, 1.82) is 0 Å². The Bertz CT molecular complexity index is 459. The zero-order valence-electron chi connectivity index (χ0n) is 11.8. The van der Waals surface area contributed by atoms with Crippen molar-refractivity contribution in [2.75, 3.05) is 0 Å². The van der Waals surface area contributed by atoms with E-state index < -0.39 is 0 Å². The summed E-state index contributed by atoms with van der Waals surface area (Å²) in [6.07, 6.45) is 5.85. The van der Waals surface area contributed by atoms with E-state index in [1.54, 1.807) is 0 Å². The molecule has 0 saturated heterocycles. The number of hydrogen-bond acceptors (Lipinski definition) is 3. The number of carbonyl (C=O) groups excluding carboxylic acids is 1. The van der Waals surface area contributed by atoms with E-state index in [-0.39, 0.29) is 11.6 Å². The molecule has 4 nitrogen and oxygen atoms in total. The quantitative estimate of drug-likeness (QED) is 0.584. The summed E-state index contributed by atoms with van der Waals surface area (Å²) in [7, 11) is 0. The first-order valence-electron chi connectivity index (χ1n) is 6.79. The highest BCUT2D eigenvalue weighted by Gasteiger charge is 2.28. The highest BCUT2D eigenvalue weighted by Crippen LogP contribution is 2.39. The maximum Gasteiger partial charge on any atom is 0.306 e. The van der Waals surface area contributed by atoms with Gasteiger partial charge in [-0.25, -0.2) is 4.98 Å². The molecule has 0 aliphatic heterocycles. The van der Waals surface area contributed by atoms with Gasteiger partial charge in [0.2, 0.25) is 0 Å². The van der Waals surface area contributed by atoms with E-state index in [0.717, 1.165) is 16.7 Å². The summed E-state index contributed by atoms with van der Waals surface area (Å²) in [6, 6.07) is 0. The van der Waals surface area contributed by atoms with E-state index in [1.165, 1.54) is 18.7 Å². The lowest BCUT2D eigenvalue weighted by molar-refractivity contribution is -0.154. The molecule has 106 valence electrons. The number of esters is 1. The summed E-state index contributed by atoms with van der Waals surface area (Å²) in [4.78, 5) is 16.2.